The molecular formula is C13H12ClNO3. The molecule has 0 bridgehead atoms. The Morgan fingerprint density at radius 3 is 2.89 bits per heavy atom. The van der Waals surface area contributed by atoms with Crippen molar-refractivity contribution in [1.29, 1.82) is 0 Å². The van der Waals surface area contributed by atoms with Crippen LogP contribution in [-0.4, -0.2) is 11.1 Å². The molecule has 1 aromatic heterocycles. The summed E-state index contributed by atoms with van der Waals surface area (Å²) in [5.41, 5.74) is 2.03. The summed E-state index contributed by atoms with van der Waals surface area (Å²) in [6.07, 6.45) is 1.22. The van der Waals surface area contributed by atoms with Gasteiger partial charge < -0.3 is 14.8 Å². The summed E-state index contributed by atoms with van der Waals surface area (Å²) >= 11 is 6.03. The normalized spacial score (nSPS) is 10.3. The number of nitrogens with one attached hydrogen (secondary N) is 1. The summed E-state index contributed by atoms with van der Waals surface area (Å²) in [6.45, 7) is 2.35. The fourth-order valence-corrected chi connectivity index (χ4v) is 1.73. The largest absolute Gasteiger partial charge is 0.478 e. The Balaban J connectivity index is 2.06. The van der Waals surface area contributed by atoms with Gasteiger partial charge in [-0.15, -0.1) is 0 Å². The van der Waals surface area contributed by atoms with E-state index >= 15 is 0 Å². The molecule has 2 N–H and O–H groups in total. The standard InChI is InChI=1S/C13H12ClNO3/c1-8-2-3-11(14)12(4-8)15-6-10-5-9(7-18-10)13(16)17/h2-5,7,15H,6H2,1H3,(H,16,17). The molecule has 4 nitrogen and oxygen atoms in total. The third kappa shape index (κ3) is 2.84. The summed E-state index contributed by atoms with van der Waals surface area (Å²) in [7, 11) is 0. The van der Waals surface area contributed by atoms with Crippen molar-refractivity contribution in [3.8, 4) is 0 Å². The van der Waals surface area contributed by atoms with E-state index in [0.29, 0.717) is 17.3 Å². The van der Waals surface area contributed by atoms with E-state index in [9.17, 15) is 4.79 Å². The molecule has 0 spiro atoms. The number of rotatable bonds is 4. The van der Waals surface area contributed by atoms with E-state index in [1.54, 1.807) is 0 Å². The van der Waals surface area contributed by atoms with Crippen LogP contribution >= 0.6 is 11.6 Å². The number of carboxylic acid groups (broad SMARTS) is 1. The Morgan fingerprint density at radius 2 is 2.22 bits per heavy atom. The van der Waals surface area contributed by atoms with E-state index < -0.39 is 5.97 Å². The van der Waals surface area contributed by atoms with Crippen LogP contribution in [-0.2, 0) is 6.54 Å². The third-order valence-corrected chi connectivity index (χ3v) is 2.81. The molecule has 94 valence electrons. The summed E-state index contributed by atoms with van der Waals surface area (Å²) in [4.78, 5) is 10.7. The lowest BCUT2D eigenvalue weighted by atomic mass is 10.2. The van der Waals surface area contributed by atoms with Crippen LogP contribution in [0.2, 0.25) is 5.02 Å². The first kappa shape index (κ1) is 12.5. The first-order valence-corrected chi connectivity index (χ1v) is 5.75. The molecule has 0 aliphatic heterocycles. The van der Waals surface area contributed by atoms with Crippen molar-refractivity contribution in [2.24, 2.45) is 0 Å². The maximum atomic E-state index is 10.7. The minimum Gasteiger partial charge on any atom is -0.478 e. The number of halogens is 1. The number of carbonyl (C=O) groups is 1. The molecule has 0 aliphatic rings. The highest BCUT2D eigenvalue weighted by Crippen LogP contribution is 2.23. The van der Waals surface area contributed by atoms with Crippen molar-refractivity contribution >= 4 is 23.3 Å². The molecule has 0 radical (unpaired) electrons. The molecule has 18 heavy (non-hydrogen) atoms. The first-order valence-electron chi connectivity index (χ1n) is 5.37. The van der Waals surface area contributed by atoms with Gasteiger partial charge >= 0.3 is 5.97 Å². The van der Waals surface area contributed by atoms with Crippen molar-refractivity contribution in [2.75, 3.05) is 5.32 Å². The monoisotopic (exact) mass is 265 g/mol. The summed E-state index contributed by atoms with van der Waals surface area (Å²) in [6, 6.07) is 7.13. The summed E-state index contributed by atoms with van der Waals surface area (Å²) in [5, 5.41) is 12.5. The smallest absolute Gasteiger partial charge is 0.338 e. The minimum absolute atomic E-state index is 0.141. The summed E-state index contributed by atoms with van der Waals surface area (Å²) in [5.74, 6) is -0.455. The van der Waals surface area contributed by atoms with Gasteiger partial charge in [-0.3, -0.25) is 0 Å². The van der Waals surface area contributed by atoms with Gasteiger partial charge in [0, 0.05) is 0 Å². The second-order valence-corrected chi connectivity index (χ2v) is 4.35. The Hall–Kier alpha value is -1.94. The van der Waals surface area contributed by atoms with Crippen molar-refractivity contribution in [1.82, 2.24) is 0 Å². The first-order chi connectivity index (χ1) is 8.56. The van der Waals surface area contributed by atoms with Gasteiger partial charge in [0.1, 0.15) is 12.0 Å². The lowest BCUT2D eigenvalue weighted by Crippen LogP contribution is -1.99. The molecule has 0 amide bonds. The van der Waals surface area contributed by atoms with Crippen LogP contribution < -0.4 is 5.32 Å². The number of hydrogen-bond donors (Lipinski definition) is 2. The molecule has 2 aromatic rings. The van der Waals surface area contributed by atoms with Crippen molar-refractivity contribution in [3.63, 3.8) is 0 Å². The van der Waals surface area contributed by atoms with Crippen LogP contribution in [0, 0.1) is 6.92 Å². The van der Waals surface area contributed by atoms with Crippen molar-refractivity contribution in [3.05, 3.63) is 52.4 Å². The lowest BCUT2D eigenvalue weighted by Gasteiger charge is -2.07. The number of benzene rings is 1. The molecule has 1 aromatic carbocycles. The highest BCUT2D eigenvalue weighted by molar-refractivity contribution is 6.33. The second kappa shape index (κ2) is 5.14. The van der Waals surface area contributed by atoms with Gasteiger partial charge in [-0.25, -0.2) is 4.79 Å². The lowest BCUT2D eigenvalue weighted by molar-refractivity contribution is 0.0696. The molecule has 0 saturated heterocycles. The molecule has 0 atom stereocenters. The average Bonchev–Trinajstić information content (AvgIpc) is 2.79. The van der Waals surface area contributed by atoms with E-state index in [1.165, 1.54) is 12.3 Å². The molecule has 5 heteroatoms. The van der Waals surface area contributed by atoms with Crippen LogP contribution in [0.4, 0.5) is 5.69 Å². The predicted octanol–water partition coefficient (Wildman–Crippen LogP) is 3.55. The minimum atomic E-state index is -1.00. The zero-order valence-corrected chi connectivity index (χ0v) is 10.5. The Bertz CT molecular complexity index is 577. The van der Waals surface area contributed by atoms with Gasteiger partial charge in [0.2, 0.25) is 0 Å². The zero-order valence-electron chi connectivity index (χ0n) is 9.74. The van der Waals surface area contributed by atoms with Crippen LogP contribution in [0.5, 0.6) is 0 Å². The Morgan fingerprint density at radius 1 is 1.44 bits per heavy atom. The number of anilines is 1. The van der Waals surface area contributed by atoms with Gasteiger partial charge in [-0.05, 0) is 30.7 Å². The van der Waals surface area contributed by atoms with Crippen LogP contribution in [0.3, 0.4) is 0 Å². The quantitative estimate of drug-likeness (QED) is 0.887. The van der Waals surface area contributed by atoms with Crippen molar-refractivity contribution < 1.29 is 14.3 Å². The SMILES string of the molecule is Cc1ccc(Cl)c(NCc2cc(C(=O)O)co2)c1. The van der Waals surface area contributed by atoms with Gasteiger partial charge in [0.05, 0.1) is 22.8 Å². The van der Waals surface area contributed by atoms with E-state index in [2.05, 4.69) is 5.32 Å². The van der Waals surface area contributed by atoms with Gasteiger partial charge in [-0.1, -0.05) is 17.7 Å². The molecular weight excluding hydrogens is 254 g/mol. The van der Waals surface area contributed by atoms with Gasteiger partial charge in [-0.2, -0.15) is 0 Å². The van der Waals surface area contributed by atoms with Crippen LogP contribution in [0.1, 0.15) is 21.7 Å². The number of aromatic carboxylic acids is 1. The molecule has 0 unspecified atom stereocenters. The predicted molar refractivity (Wildman–Crippen MR) is 69.2 cm³/mol. The van der Waals surface area contributed by atoms with Crippen molar-refractivity contribution in [2.45, 2.75) is 13.5 Å². The van der Waals surface area contributed by atoms with E-state index in [-0.39, 0.29) is 5.56 Å². The maximum Gasteiger partial charge on any atom is 0.338 e. The number of furan rings is 1. The van der Waals surface area contributed by atoms with E-state index in [0.717, 1.165) is 11.3 Å². The molecule has 2 rings (SSSR count). The number of aryl methyl sites for hydroxylation is 1. The van der Waals surface area contributed by atoms with E-state index in [1.807, 2.05) is 25.1 Å². The second-order valence-electron chi connectivity index (χ2n) is 3.94. The zero-order chi connectivity index (χ0) is 13.1. The number of hydrogen-bond acceptors (Lipinski definition) is 3. The third-order valence-electron chi connectivity index (χ3n) is 2.48. The fraction of sp³-hybridized carbons (Fsp3) is 0.154. The molecule has 0 saturated carbocycles. The molecule has 1 heterocycles. The van der Waals surface area contributed by atoms with Crippen LogP contribution in [0.15, 0.2) is 34.9 Å². The summed E-state index contributed by atoms with van der Waals surface area (Å²) < 4.78 is 5.13. The molecule has 0 aliphatic carbocycles. The van der Waals surface area contributed by atoms with Gasteiger partial charge in [0.15, 0.2) is 0 Å². The molecule has 0 fully saturated rings. The van der Waals surface area contributed by atoms with E-state index in [4.69, 9.17) is 21.1 Å². The number of carboxylic acids is 1. The van der Waals surface area contributed by atoms with Crippen LogP contribution in [0.25, 0.3) is 0 Å². The topological polar surface area (TPSA) is 62.5 Å². The average molecular weight is 266 g/mol. The van der Waals surface area contributed by atoms with Gasteiger partial charge in [0.25, 0.3) is 0 Å². The highest BCUT2D eigenvalue weighted by atomic mass is 35.5. The Kier molecular flexibility index (Phi) is 3.58. The fourth-order valence-electron chi connectivity index (χ4n) is 1.54. The maximum absolute atomic E-state index is 10.7. The Labute approximate surface area is 109 Å². The highest BCUT2D eigenvalue weighted by Gasteiger charge is 2.08.